The lowest BCUT2D eigenvalue weighted by atomic mass is 10.0. The van der Waals surface area contributed by atoms with Crippen LogP contribution in [-0.2, 0) is 4.74 Å². The van der Waals surface area contributed by atoms with Crippen LogP contribution in [0.15, 0.2) is 36.4 Å². The summed E-state index contributed by atoms with van der Waals surface area (Å²) in [4.78, 5) is 106. The third kappa shape index (κ3) is 26.4. The number of carbonyl (C=O) groups excluding carboxylic acids is 7. The summed E-state index contributed by atoms with van der Waals surface area (Å²) in [6.07, 6.45) is 10.0. The normalized spacial score (nSPS) is 17.9. The SMILES string of the molecule is CCCCOc1c2ccc(c1OCCCC)C(=O)NCCN1C[C@H](CCCO)NC(=O)c3ccc(c(OCCCC)c3OCCCC)C(=O)NCCN(CCNC2=O)CCNC(=O)c2ccc(c(OCCCC)c2OCCCC)C(=O)N[C@@H](CCCCNC(=O)OC(C)(C)C)C1. The van der Waals surface area contributed by atoms with Crippen molar-refractivity contribution in [2.24, 2.45) is 0 Å². The summed E-state index contributed by atoms with van der Waals surface area (Å²) in [6, 6.07) is 8.04. The van der Waals surface area contributed by atoms with Crippen LogP contribution in [0.4, 0.5) is 4.79 Å². The lowest BCUT2D eigenvalue weighted by Crippen LogP contribution is -2.51. The number of aliphatic hydroxyl groups excluding tert-OH is 1. The largest absolute Gasteiger partial charge is 0.489 e. The quantitative estimate of drug-likeness (QED) is 0.0270. The van der Waals surface area contributed by atoms with E-state index in [1.165, 1.54) is 0 Å². The Morgan fingerprint density at radius 1 is 0.427 bits per heavy atom. The van der Waals surface area contributed by atoms with Gasteiger partial charge < -0.3 is 75.5 Å². The van der Waals surface area contributed by atoms with Crippen LogP contribution in [0.25, 0.3) is 0 Å². The van der Waals surface area contributed by atoms with E-state index in [0.29, 0.717) is 64.2 Å². The number of nitrogens with zero attached hydrogens (tertiary/aromatic N) is 2. The Morgan fingerprint density at radius 2 is 0.708 bits per heavy atom. The Bertz CT molecular complexity index is 2920. The van der Waals surface area contributed by atoms with Gasteiger partial charge in [-0.2, -0.15) is 0 Å². The van der Waals surface area contributed by atoms with Gasteiger partial charge in [0.15, 0.2) is 34.5 Å². The van der Waals surface area contributed by atoms with Crippen LogP contribution in [0, 0.1) is 0 Å². The zero-order valence-electron chi connectivity index (χ0n) is 58.9. The van der Waals surface area contributed by atoms with Gasteiger partial charge in [-0.05, 0) is 128 Å². The molecule has 0 fully saturated rings. The van der Waals surface area contributed by atoms with Crippen LogP contribution in [0.1, 0.15) is 234 Å². The van der Waals surface area contributed by atoms with Gasteiger partial charge >= 0.3 is 6.09 Å². The minimum Gasteiger partial charge on any atom is -0.489 e. The number of amides is 7. The zero-order valence-corrected chi connectivity index (χ0v) is 58.9. The summed E-state index contributed by atoms with van der Waals surface area (Å²) in [7, 11) is 0. The number of unbranched alkanes of at least 4 members (excludes halogenated alkanes) is 7. The smallest absolute Gasteiger partial charge is 0.407 e. The number of ether oxygens (including phenoxy) is 7. The predicted molar refractivity (Wildman–Crippen MR) is 371 cm³/mol. The van der Waals surface area contributed by atoms with E-state index in [2.05, 4.69) is 37.2 Å². The third-order valence-electron chi connectivity index (χ3n) is 16.1. The van der Waals surface area contributed by atoms with Gasteiger partial charge in [0.1, 0.15) is 5.60 Å². The molecular weight excluding hydrogens is 1230 g/mol. The van der Waals surface area contributed by atoms with E-state index in [9.17, 15) is 29.1 Å². The Balaban J connectivity index is 1.79. The third-order valence-corrected chi connectivity index (χ3v) is 16.1. The van der Waals surface area contributed by atoms with Crippen molar-refractivity contribution in [2.45, 2.75) is 189 Å². The molecule has 15 rings (SSSR count). The van der Waals surface area contributed by atoms with E-state index in [-0.39, 0.29) is 193 Å². The van der Waals surface area contributed by atoms with Crippen LogP contribution in [0.3, 0.4) is 0 Å². The van der Waals surface area contributed by atoms with Gasteiger partial charge in [-0.3, -0.25) is 38.6 Å². The first-order chi connectivity index (χ1) is 46.4. The highest BCUT2D eigenvalue weighted by Crippen LogP contribution is 2.39. The molecule has 12 aliphatic heterocycles. The molecule has 3 aromatic rings. The van der Waals surface area contributed by atoms with E-state index >= 15 is 9.59 Å². The minimum absolute atomic E-state index is 0.0357. The Kier molecular flexibility index (Phi) is 35.9. The summed E-state index contributed by atoms with van der Waals surface area (Å²) in [5.74, 6) is -2.22. The molecule has 12 aliphatic rings. The number of hydrogen-bond acceptors (Lipinski definition) is 17. The molecule has 2 unspecified atom stereocenters. The molecule has 8 N–H and O–H groups in total. The molecule has 3 aromatic carbocycles. The molecule has 96 heavy (non-hydrogen) atoms. The fourth-order valence-corrected chi connectivity index (χ4v) is 10.7. The van der Waals surface area contributed by atoms with E-state index in [4.69, 9.17) is 33.2 Å². The highest BCUT2D eigenvalue weighted by atomic mass is 16.6. The summed E-state index contributed by atoms with van der Waals surface area (Å²) >= 11 is 0. The molecule has 536 valence electrons. The van der Waals surface area contributed by atoms with E-state index in [1.807, 2.05) is 51.3 Å². The predicted octanol–water partition coefficient (Wildman–Crippen LogP) is 9.38. The van der Waals surface area contributed by atoms with Crippen LogP contribution in [0.2, 0.25) is 0 Å². The maximum atomic E-state index is 15.3. The number of hydrogen-bond donors (Lipinski definition) is 8. The number of carbonyl (C=O) groups is 7. The highest BCUT2D eigenvalue weighted by Gasteiger charge is 2.32. The standard InChI is InChI=1S/C72H113N9O15/c1-10-16-43-90-59-53-27-28-54(60(59)91-44-17-11-2)68(86)76-37-41-81-49-51(25-22-23-33-77-71(89)96-72(7,8)9)78-69(87)57-31-29-55(61(92-45-18-12-3)63(57)94-47-20-14-5)66(84)74-35-39-80(38-34-73-65(53)83)40-36-75-67(85)56-30-32-58(70(88)79-52(50-81)26-24-42-82)64(95-48-21-15-6)62(56)93-46-19-13-4/h27-32,51-52,82H,10-26,33-50H2,1-9H3,(H,73,83)(H,74,84)(H,75,85)(H,76,86)(H,77,89)(H,78,87)(H,79,88)/t51-,52-/m0/s1. The second kappa shape index (κ2) is 43.6. The van der Waals surface area contributed by atoms with Gasteiger partial charge in [0, 0.05) is 90.7 Å². The van der Waals surface area contributed by atoms with Gasteiger partial charge in [0.25, 0.3) is 35.4 Å². The van der Waals surface area contributed by atoms with Gasteiger partial charge in [-0.25, -0.2) is 4.79 Å². The van der Waals surface area contributed by atoms with Crippen molar-refractivity contribution in [3.63, 3.8) is 0 Å². The van der Waals surface area contributed by atoms with Gasteiger partial charge in [0.05, 0.1) is 73.0 Å². The topological polar surface area (TPSA) is 295 Å². The van der Waals surface area contributed by atoms with Crippen molar-refractivity contribution in [1.82, 2.24) is 47.0 Å². The highest BCUT2D eigenvalue weighted by molar-refractivity contribution is 6.05. The van der Waals surface area contributed by atoms with Crippen molar-refractivity contribution in [3.8, 4) is 34.5 Å². The zero-order chi connectivity index (χ0) is 69.7. The van der Waals surface area contributed by atoms with Gasteiger partial charge in [-0.1, -0.05) is 80.1 Å². The first-order valence-electron chi connectivity index (χ1n) is 35.5. The average molecular weight is 1340 g/mol. The second-order valence-electron chi connectivity index (χ2n) is 25.4. The molecule has 24 nitrogen and oxygen atoms in total. The summed E-state index contributed by atoms with van der Waals surface area (Å²) in [5.41, 5.74) is 0.189. The van der Waals surface area contributed by atoms with Crippen LogP contribution in [0.5, 0.6) is 34.5 Å². The van der Waals surface area contributed by atoms with Crippen LogP contribution >= 0.6 is 0 Å². The van der Waals surface area contributed by atoms with Crippen LogP contribution < -0.4 is 65.6 Å². The molecule has 0 spiro atoms. The molecular formula is C72H113N9O15. The number of nitrogens with one attached hydrogen (secondary N) is 7. The Morgan fingerprint density at radius 3 is 0.990 bits per heavy atom. The lowest BCUT2D eigenvalue weighted by Gasteiger charge is -2.32. The van der Waals surface area contributed by atoms with E-state index < -0.39 is 59.2 Å². The van der Waals surface area contributed by atoms with Crippen molar-refractivity contribution in [2.75, 3.05) is 118 Å². The first kappa shape index (κ1) is 79.1. The van der Waals surface area contributed by atoms with Gasteiger partial charge in [-0.15, -0.1) is 0 Å². The molecule has 0 aromatic heterocycles. The number of benzene rings is 3. The molecule has 0 radical (unpaired) electrons. The number of alkyl carbamates (subject to hydrolysis) is 1. The van der Waals surface area contributed by atoms with Crippen molar-refractivity contribution in [3.05, 3.63) is 69.8 Å². The molecule has 4 atom stereocenters. The second-order valence-corrected chi connectivity index (χ2v) is 25.4. The van der Waals surface area contributed by atoms with Gasteiger partial charge in [0.2, 0.25) is 0 Å². The van der Waals surface area contributed by atoms with Crippen molar-refractivity contribution >= 4 is 41.5 Å². The first-order valence-corrected chi connectivity index (χ1v) is 35.5. The molecule has 8 bridgehead atoms. The van der Waals surface area contributed by atoms with E-state index in [1.54, 1.807) is 57.2 Å². The summed E-state index contributed by atoms with van der Waals surface area (Å²) < 4.78 is 44.3. The maximum Gasteiger partial charge on any atom is 0.407 e. The maximum absolute atomic E-state index is 15.3. The average Bonchev–Trinajstić information content (AvgIpc) is 0.814. The minimum atomic E-state index is -0.712. The number of rotatable bonds is 32. The van der Waals surface area contributed by atoms with Crippen molar-refractivity contribution in [1.29, 1.82) is 0 Å². The van der Waals surface area contributed by atoms with E-state index in [0.717, 1.165) is 38.5 Å². The molecule has 0 saturated heterocycles. The fourth-order valence-electron chi connectivity index (χ4n) is 10.7. The number of aliphatic hydroxyl groups is 1. The fraction of sp³-hybridized carbons (Fsp3) is 0.653. The van der Waals surface area contributed by atoms with Crippen LogP contribution in [-0.4, -0.2) is 192 Å². The molecule has 7 amide bonds. The molecule has 12 heterocycles. The Labute approximate surface area is 569 Å². The Hall–Kier alpha value is -7.57. The molecule has 0 aliphatic carbocycles. The summed E-state index contributed by atoms with van der Waals surface area (Å²) in [6.45, 7) is 20.5. The molecule has 24 heteroatoms. The summed E-state index contributed by atoms with van der Waals surface area (Å²) in [5, 5.41) is 32.2. The lowest BCUT2D eigenvalue weighted by molar-refractivity contribution is 0.0525. The monoisotopic (exact) mass is 1340 g/mol. The van der Waals surface area contributed by atoms with Crippen molar-refractivity contribution < 1.29 is 71.8 Å². The molecule has 0 saturated carbocycles.